The van der Waals surface area contributed by atoms with E-state index >= 15 is 0 Å². The summed E-state index contributed by atoms with van der Waals surface area (Å²) in [6.07, 6.45) is 2.13. The zero-order valence-electron chi connectivity index (χ0n) is 13.3. The number of hydrogen-bond donors (Lipinski definition) is 0. The standard InChI is InChI=1S/C19H19Cl2NO2/c20-16-8-6-14(7-9-16)12-22(13-18-5-2-10-24-18)19(23)15-3-1-4-17(21)11-15/h1,3-4,6-9,11,18H,2,5,10,12-13H2. The van der Waals surface area contributed by atoms with Crippen molar-refractivity contribution in [1.82, 2.24) is 4.90 Å². The molecule has 0 aliphatic carbocycles. The number of carbonyl (C=O) groups excluding carboxylic acids is 1. The minimum atomic E-state index is -0.0389. The quantitative estimate of drug-likeness (QED) is 0.762. The van der Waals surface area contributed by atoms with Crippen LogP contribution in [-0.2, 0) is 11.3 Å². The first-order valence-electron chi connectivity index (χ1n) is 8.03. The SMILES string of the molecule is O=C(c1cccc(Cl)c1)N(Cc1ccc(Cl)cc1)CC1CCCO1. The summed E-state index contributed by atoms with van der Waals surface area (Å²) in [6.45, 7) is 1.86. The Hall–Kier alpha value is -1.55. The number of halogens is 2. The molecule has 1 fully saturated rings. The fraction of sp³-hybridized carbons (Fsp3) is 0.316. The van der Waals surface area contributed by atoms with Gasteiger partial charge in [-0.25, -0.2) is 0 Å². The monoisotopic (exact) mass is 363 g/mol. The average molecular weight is 364 g/mol. The van der Waals surface area contributed by atoms with E-state index < -0.39 is 0 Å². The molecule has 0 radical (unpaired) electrons. The number of ether oxygens (including phenoxy) is 1. The van der Waals surface area contributed by atoms with Crippen LogP contribution < -0.4 is 0 Å². The molecule has 24 heavy (non-hydrogen) atoms. The van der Waals surface area contributed by atoms with E-state index in [1.807, 2.05) is 29.2 Å². The van der Waals surface area contributed by atoms with E-state index in [1.165, 1.54) is 0 Å². The van der Waals surface area contributed by atoms with Gasteiger partial charge in [-0.05, 0) is 48.7 Å². The molecule has 3 nitrogen and oxygen atoms in total. The molecule has 3 rings (SSSR count). The van der Waals surface area contributed by atoms with Gasteiger partial charge in [0.1, 0.15) is 0 Å². The summed E-state index contributed by atoms with van der Waals surface area (Å²) < 4.78 is 5.71. The van der Waals surface area contributed by atoms with Crippen molar-refractivity contribution in [3.63, 3.8) is 0 Å². The van der Waals surface area contributed by atoms with Crippen molar-refractivity contribution in [2.45, 2.75) is 25.5 Å². The molecule has 1 amide bonds. The summed E-state index contributed by atoms with van der Waals surface area (Å²) in [4.78, 5) is 14.8. The summed E-state index contributed by atoms with van der Waals surface area (Å²) in [7, 11) is 0. The Balaban J connectivity index is 1.80. The highest BCUT2D eigenvalue weighted by Crippen LogP contribution is 2.19. The zero-order chi connectivity index (χ0) is 16.9. The van der Waals surface area contributed by atoms with Crippen molar-refractivity contribution < 1.29 is 9.53 Å². The van der Waals surface area contributed by atoms with Crippen LogP contribution in [0.5, 0.6) is 0 Å². The predicted molar refractivity (Wildman–Crippen MR) is 96.6 cm³/mol. The van der Waals surface area contributed by atoms with E-state index in [0.717, 1.165) is 25.0 Å². The second-order valence-electron chi connectivity index (χ2n) is 5.96. The summed E-state index contributed by atoms with van der Waals surface area (Å²) >= 11 is 12.0. The topological polar surface area (TPSA) is 29.5 Å². The Bertz CT molecular complexity index is 697. The van der Waals surface area contributed by atoms with Crippen molar-refractivity contribution >= 4 is 29.1 Å². The number of amides is 1. The maximum atomic E-state index is 12.9. The molecule has 1 saturated heterocycles. The van der Waals surface area contributed by atoms with E-state index in [1.54, 1.807) is 24.3 Å². The minimum absolute atomic E-state index is 0.0389. The van der Waals surface area contributed by atoms with Crippen LogP contribution in [-0.4, -0.2) is 30.1 Å². The molecule has 1 unspecified atom stereocenters. The Morgan fingerprint density at radius 3 is 2.58 bits per heavy atom. The highest BCUT2D eigenvalue weighted by molar-refractivity contribution is 6.31. The van der Waals surface area contributed by atoms with Gasteiger partial charge in [0, 0.05) is 35.3 Å². The largest absolute Gasteiger partial charge is 0.376 e. The average Bonchev–Trinajstić information content (AvgIpc) is 3.09. The smallest absolute Gasteiger partial charge is 0.254 e. The third-order valence-electron chi connectivity index (χ3n) is 4.09. The number of benzene rings is 2. The molecule has 0 saturated carbocycles. The maximum Gasteiger partial charge on any atom is 0.254 e. The molecule has 1 heterocycles. The van der Waals surface area contributed by atoms with E-state index in [2.05, 4.69) is 0 Å². The first-order chi connectivity index (χ1) is 11.6. The lowest BCUT2D eigenvalue weighted by atomic mass is 10.1. The van der Waals surface area contributed by atoms with Crippen molar-refractivity contribution in [2.75, 3.05) is 13.2 Å². The van der Waals surface area contributed by atoms with E-state index in [-0.39, 0.29) is 12.0 Å². The second kappa shape index (κ2) is 8.02. The predicted octanol–water partition coefficient (Wildman–Crippen LogP) is 4.81. The molecule has 0 aromatic heterocycles. The van der Waals surface area contributed by atoms with Gasteiger partial charge in [-0.3, -0.25) is 4.79 Å². The van der Waals surface area contributed by atoms with Crippen molar-refractivity contribution in [3.8, 4) is 0 Å². The highest BCUT2D eigenvalue weighted by Gasteiger charge is 2.23. The van der Waals surface area contributed by atoms with Gasteiger partial charge in [-0.2, -0.15) is 0 Å². The van der Waals surface area contributed by atoms with Gasteiger partial charge in [-0.1, -0.05) is 41.4 Å². The van der Waals surface area contributed by atoms with Crippen LogP contribution in [0.3, 0.4) is 0 Å². The van der Waals surface area contributed by atoms with Gasteiger partial charge in [0.2, 0.25) is 0 Å². The molecule has 0 bridgehead atoms. The lowest BCUT2D eigenvalue weighted by Gasteiger charge is -2.26. The van der Waals surface area contributed by atoms with Gasteiger partial charge in [0.05, 0.1) is 6.10 Å². The van der Waals surface area contributed by atoms with Gasteiger partial charge < -0.3 is 9.64 Å². The van der Waals surface area contributed by atoms with Gasteiger partial charge in [-0.15, -0.1) is 0 Å². The lowest BCUT2D eigenvalue weighted by Crippen LogP contribution is -2.37. The fourth-order valence-electron chi connectivity index (χ4n) is 2.87. The van der Waals surface area contributed by atoms with Crippen molar-refractivity contribution in [1.29, 1.82) is 0 Å². The van der Waals surface area contributed by atoms with Gasteiger partial charge in [0.15, 0.2) is 0 Å². The van der Waals surface area contributed by atoms with Gasteiger partial charge in [0.25, 0.3) is 5.91 Å². The lowest BCUT2D eigenvalue weighted by molar-refractivity contribution is 0.0507. The summed E-state index contributed by atoms with van der Waals surface area (Å²) in [6, 6.07) is 14.6. The molecule has 2 aromatic carbocycles. The van der Waals surface area contributed by atoms with Gasteiger partial charge >= 0.3 is 0 Å². The number of nitrogens with zero attached hydrogens (tertiary/aromatic N) is 1. The normalized spacial score (nSPS) is 17.0. The Kier molecular flexibility index (Phi) is 5.77. The van der Waals surface area contributed by atoms with Crippen LogP contribution in [0.2, 0.25) is 10.0 Å². The number of rotatable bonds is 5. The second-order valence-corrected chi connectivity index (χ2v) is 6.83. The highest BCUT2D eigenvalue weighted by atomic mass is 35.5. The molecule has 0 spiro atoms. The summed E-state index contributed by atoms with van der Waals surface area (Å²) in [5.41, 5.74) is 1.63. The molecular formula is C19H19Cl2NO2. The molecule has 1 aliphatic rings. The molecule has 2 aromatic rings. The van der Waals surface area contributed by atoms with E-state index in [4.69, 9.17) is 27.9 Å². The zero-order valence-corrected chi connectivity index (χ0v) is 14.8. The van der Waals surface area contributed by atoms with Crippen LogP contribution in [0.4, 0.5) is 0 Å². The Morgan fingerprint density at radius 2 is 1.92 bits per heavy atom. The molecule has 126 valence electrons. The van der Waals surface area contributed by atoms with E-state index in [0.29, 0.717) is 28.7 Å². The Labute approximate surface area is 152 Å². The third-order valence-corrected chi connectivity index (χ3v) is 4.58. The molecule has 5 heteroatoms. The van der Waals surface area contributed by atoms with Crippen LogP contribution in [0.15, 0.2) is 48.5 Å². The van der Waals surface area contributed by atoms with Crippen LogP contribution in [0, 0.1) is 0 Å². The fourth-order valence-corrected chi connectivity index (χ4v) is 3.18. The van der Waals surface area contributed by atoms with Crippen molar-refractivity contribution in [2.24, 2.45) is 0 Å². The first-order valence-corrected chi connectivity index (χ1v) is 8.78. The van der Waals surface area contributed by atoms with Crippen molar-refractivity contribution in [3.05, 3.63) is 69.7 Å². The first kappa shape index (κ1) is 17.3. The summed E-state index contributed by atoms with van der Waals surface area (Å²) in [5, 5.41) is 1.25. The molecule has 1 aliphatic heterocycles. The molecule has 1 atom stereocenters. The summed E-state index contributed by atoms with van der Waals surface area (Å²) in [5.74, 6) is -0.0389. The van der Waals surface area contributed by atoms with E-state index in [9.17, 15) is 4.79 Å². The van der Waals surface area contributed by atoms with Crippen LogP contribution >= 0.6 is 23.2 Å². The number of hydrogen-bond acceptors (Lipinski definition) is 2. The molecule has 0 N–H and O–H groups in total. The minimum Gasteiger partial charge on any atom is -0.376 e. The van der Waals surface area contributed by atoms with Crippen LogP contribution in [0.25, 0.3) is 0 Å². The molecular weight excluding hydrogens is 345 g/mol. The number of carbonyl (C=O) groups is 1. The maximum absolute atomic E-state index is 12.9. The Morgan fingerprint density at radius 1 is 1.12 bits per heavy atom. The van der Waals surface area contributed by atoms with Crippen LogP contribution in [0.1, 0.15) is 28.8 Å². The third kappa shape index (κ3) is 4.50.